The van der Waals surface area contributed by atoms with Crippen LogP contribution in [-0.2, 0) is 12.8 Å². The Hall–Kier alpha value is -2.33. The van der Waals surface area contributed by atoms with E-state index in [0.29, 0.717) is 23.7 Å². The lowest BCUT2D eigenvalue weighted by atomic mass is 10.1. The predicted octanol–water partition coefficient (Wildman–Crippen LogP) is 3.88. The van der Waals surface area contributed by atoms with Gasteiger partial charge in [-0.05, 0) is 30.2 Å². The first kappa shape index (κ1) is 13.6. The molecule has 2 aromatic carbocycles. The number of hydrogen-bond acceptors (Lipinski definition) is 4. The Morgan fingerprint density at radius 1 is 1.05 bits per heavy atom. The van der Waals surface area contributed by atoms with Crippen molar-refractivity contribution < 1.29 is 9.63 Å². The van der Waals surface area contributed by atoms with E-state index in [0.717, 1.165) is 6.42 Å². The maximum atomic E-state index is 9.41. The molecule has 21 heavy (non-hydrogen) atoms. The Labute approximate surface area is 127 Å². The van der Waals surface area contributed by atoms with Crippen LogP contribution in [0.15, 0.2) is 53.1 Å². The number of aromatic nitrogens is 2. The monoisotopic (exact) mass is 300 g/mol. The molecule has 0 amide bonds. The van der Waals surface area contributed by atoms with Crippen molar-refractivity contribution in [2.24, 2.45) is 0 Å². The number of phenolic OH excluding ortho intramolecular Hbond substituents is 1. The number of nitrogens with zero attached hydrogens (tertiary/aromatic N) is 2. The molecular weight excluding hydrogens is 288 g/mol. The summed E-state index contributed by atoms with van der Waals surface area (Å²) in [4.78, 5) is 4.35. The van der Waals surface area contributed by atoms with Crippen molar-refractivity contribution >= 4 is 11.6 Å². The van der Waals surface area contributed by atoms with Crippen molar-refractivity contribution in [3.05, 3.63) is 64.9 Å². The molecule has 0 unspecified atom stereocenters. The molecule has 0 bridgehead atoms. The highest BCUT2D eigenvalue weighted by molar-refractivity contribution is 6.32. The molecule has 0 saturated heterocycles. The average Bonchev–Trinajstić information content (AvgIpc) is 2.98. The van der Waals surface area contributed by atoms with Crippen molar-refractivity contribution in [3.63, 3.8) is 0 Å². The van der Waals surface area contributed by atoms with E-state index >= 15 is 0 Å². The number of rotatable bonds is 4. The van der Waals surface area contributed by atoms with Crippen LogP contribution in [0.2, 0.25) is 5.02 Å². The molecule has 3 rings (SSSR count). The summed E-state index contributed by atoms with van der Waals surface area (Å²) >= 11 is 5.87. The number of halogens is 1. The minimum absolute atomic E-state index is 0.0317. The summed E-state index contributed by atoms with van der Waals surface area (Å²) in [6.45, 7) is 0. The van der Waals surface area contributed by atoms with Crippen LogP contribution in [0.4, 0.5) is 0 Å². The predicted molar refractivity (Wildman–Crippen MR) is 80.3 cm³/mol. The minimum atomic E-state index is 0.0317. The van der Waals surface area contributed by atoms with Crippen LogP contribution in [0, 0.1) is 0 Å². The summed E-state index contributed by atoms with van der Waals surface area (Å²) in [5, 5.41) is 13.6. The molecule has 1 N–H and O–H groups in total. The van der Waals surface area contributed by atoms with Crippen molar-refractivity contribution in [3.8, 4) is 17.2 Å². The summed E-state index contributed by atoms with van der Waals surface area (Å²) in [5.74, 6) is 1.09. The van der Waals surface area contributed by atoms with Crippen molar-refractivity contribution in [1.29, 1.82) is 0 Å². The molecule has 3 aromatic rings. The average molecular weight is 301 g/mol. The van der Waals surface area contributed by atoms with E-state index in [9.17, 15) is 5.11 Å². The van der Waals surface area contributed by atoms with E-state index in [1.54, 1.807) is 12.1 Å². The number of phenols is 1. The van der Waals surface area contributed by atoms with Gasteiger partial charge in [0.25, 0.3) is 5.89 Å². The molecular formula is C16H13ClN2O2. The number of hydrogen-bond donors (Lipinski definition) is 1. The van der Waals surface area contributed by atoms with Crippen molar-refractivity contribution in [1.82, 2.24) is 10.1 Å². The van der Waals surface area contributed by atoms with Gasteiger partial charge in [0.1, 0.15) is 5.75 Å². The van der Waals surface area contributed by atoms with E-state index in [-0.39, 0.29) is 10.8 Å². The molecule has 106 valence electrons. The molecule has 0 atom stereocenters. The molecule has 0 aliphatic carbocycles. The van der Waals surface area contributed by atoms with E-state index in [1.165, 1.54) is 11.6 Å². The Morgan fingerprint density at radius 2 is 1.86 bits per heavy atom. The summed E-state index contributed by atoms with van der Waals surface area (Å²) in [7, 11) is 0. The standard InChI is InChI=1S/C16H13ClN2O2/c17-13-10-12(7-8-14(13)20)16-18-15(19-21-16)9-6-11-4-2-1-3-5-11/h1-5,7-8,10,20H,6,9H2. The first-order valence-electron chi connectivity index (χ1n) is 6.58. The van der Waals surface area contributed by atoms with Crippen LogP contribution in [0.25, 0.3) is 11.5 Å². The zero-order valence-electron chi connectivity index (χ0n) is 11.2. The third-order valence-corrected chi connectivity index (χ3v) is 3.45. The van der Waals surface area contributed by atoms with Gasteiger partial charge < -0.3 is 9.63 Å². The smallest absolute Gasteiger partial charge is 0.257 e. The SMILES string of the molecule is Oc1ccc(-c2nc(CCc3ccccc3)no2)cc1Cl. The lowest BCUT2D eigenvalue weighted by molar-refractivity contribution is 0.422. The Kier molecular flexibility index (Phi) is 3.88. The highest BCUT2D eigenvalue weighted by atomic mass is 35.5. The summed E-state index contributed by atoms with van der Waals surface area (Å²) in [6.07, 6.45) is 1.56. The number of benzene rings is 2. The van der Waals surface area contributed by atoms with E-state index in [4.69, 9.17) is 16.1 Å². The number of aryl methyl sites for hydroxylation is 2. The van der Waals surface area contributed by atoms with Gasteiger partial charge in [-0.25, -0.2) is 0 Å². The fourth-order valence-corrected chi connectivity index (χ4v) is 2.19. The molecule has 4 nitrogen and oxygen atoms in total. The third-order valence-electron chi connectivity index (χ3n) is 3.14. The molecule has 0 saturated carbocycles. The fourth-order valence-electron chi connectivity index (χ4n) is 2.01. The molecule has 1 heterocycles. The first-order valence-corrected chi connectivity index (χ1v) is 6.95. The molecule has 0 aliphatic heterocycles. The Bertz CT molecular complexity index is 741. The van der Waals surface area contributed by atoms with Crippen LogP contribution < -0.4 is 0 Å². The van der Waals surface area contributed by atoms with Gasteiger partial charge in [0.15, 0.2) is 5.82 Å². The molecule has 0 fully saturated rings. The van der Waals surface area contributed by atoms with E-state index in [1.807, 2.05) is 18.2 Å². The molecule has 0 spiro atoms. The quantitative estimate of drug-likeness (QED) is 0.794. The van der Waals surface area contributed by atoms with E-state index < -0.39 is 0 Å². The Balaban J connectivity index is 1.72. The minimum Gasteiger partial charge on any atom is -0.506 e. The van der Waals surface area contributed by atoms with Crippen LogP contribution >= 0.6 is 11.6 Å². The normalized spacial score (nSPS) is 10.7. The van der Waals surface area contributed by atoms with Gasteiger partial charge in [0, 0.05) is 12.0 Å². The van der Waals surface area contributed by atoms with Crippen LogP contribution in [-0.4, -0.2) is 15.2 Å². The summed E-state index contributed by atoms with van der Waals surface area (Å²) in [5.41, 5.74) is 1.92. The zero-order chi connectivity index (χ0) is 14.7. The highest BCUT2D eigenvalue weighted by Crippen LogP contribution is 2.28. The van der Waals surface area contributed by atoms with Gasteiger partial charge in [0.05, 0.1) is 5.02 Å². The first-order chi connectivity index (χ1) is 10.2. The highest BCUT2D eigenvalue weighted by Gasteiger charge is 2.10. The third kappa shape index (κ3) is 3.23. The van der Waals surface area contributed by atoms with Crippen LogP contribution in [0.3, 0.4) is 0 Å². The number of aromatic hydroxyl groups is 1. The van der Waals surface area contributed by atoms with Crippen LogP contribution in [0.1, 0.15) is 11.4 Å². The second-order valence-corrected chi connectivity index (χ2v) is 5.07. The largest absolute Gasteiger partial charge is 0.506 e. The van der Waals surface area contributed by atoms with Crippen LogP contribution in [0.5, 0.6) is 5.75 Å². The van der Waals surface area contributed by atoms with Crippen molar-refractivity contribution in [2.75, 3.05) is 0 Å². The van der Waals surface area contributed by atoms with Gasteiger partial charge in [0.2, 0.25) is 0 Å². The van der Waals surface area contributed by atoms with Gasteiger partial charge >= 0.3 is 0 Å². The van der Waals surface area contributed by atoms with Gasteiger partial charge in [-0.3, -0.25) is 0 Å². The maximum Gasteiger partial charge on any atom is 0.257 e. The lowest BCUT2D eigenvalue weighted by Crippen LogP contribution is -1.93. The summed E-state index contributed by atoms with van der Waals surface area (Å²) in [6, 6.07) is 14.9. The zero-order valence-corrected chi connectivity index (χ0v) is 11.9. The molecule has 5 heteroatoms. The second-order valence-electron chi connectivity index (χ2n) is 4.67. The van der Waals surface area contributed by atoms with Crippen molar-refractivity contribution in [2.45, 2.75) is 12.8 Å². The maximum absolute atomic E-state index is 9.41. The molecule has 1 aromatic heterocycles. The fraction of sp³-hybridized carbons (Fsp3) is 0.125. The topological polar surface area (TPSA) is 59.2 Å². The second kappa shape index (κ2) is 5.97. The lowest BCUT2D eigenvalue weighted by Gasteiger charge is -1.98. The van der Waals surface area contributed by atoms with Gasteiger partial charge in [-0.15, -0.1) is 0 Å². The van der Waals surface area contributed by atoms with E-state index in [2.05, 4.69) is 22.3 Å². The molecule has 0 aliphatic rings. The Morgan fingerprint density at radius 3 is 2.62 bits per heavy atom. The van der Waals surface area contributed by atoms with Gasteiger partial charge in [-0.2, -0.15) is 4.98 Å². The molecule has 0 radical (unpaired) electrons. The van der Waals surface area contributed by atoms with Gasteiger partial charge in [-0.1, -0.05) is 47.1 Å². The summed E-state index contributed by atoms with van der Waals surface area (Å²) < 4.78 is 5.23.